The van der Waals surface area contributed by atoms with E-state index in [0.29, 0.717) is 5.56 Å². The molecule has 0 amide bonds. The van der Waals surface area contributed by atoms with E-state index in [9.17, 15) is 0 Å². The van der Waals surface area contributed by atoms with E-state index in [1.807, 2.05) is 24.3 Å². The van der Waals surface area contributed by atoms with Gasteiger partial charge in [-0.25, -0.2) is 4.57 Å². The van der Waals surface area contributed by atoms with Crippen LogP contribution in [0.2, 0.25) is 0 Å². The van der Waals surface area contributed by atoms with E-state index in [0.717, 1.165) is 27.6 Å². The van der Waals surface area contributed by atoms with E-state index in [4.69, 9.17) is 9.68 Å². The van der Waals surface area contributed by atoms with Crippen LogP contribution in [0.1, 0.15) is 16.7 Å². The van der Waals surface area contributed by atoms with Crippen molar-refractivity contribution in [2.24, 2.45) is 7.05 Å². The predicted octanol–water partition coefficient (Wildman–Crippen LogP) is 4.57. The van der Waals surface area contributed by atoms with Crippen LogP contribution < -0.4 is 4.57 Å². The first-order chi connectivity index (χ1) is 11.6. The Hall–Kier alpha value is -3.12. The summed E-state index contributed by atoms with van der Waals surface area (Å²) in [6.07, 6.45) is 2.08. The number of hydrogen-bond donors (Lipinski definition) is 0. The van der Waals surface area contributed by atoms with Crippen LogP contribution in [-0.4, -0.2) is 0 Å². The lowest BCUT2D eigenvalue weighted by Crippen LogP contribution is -2.30. The molecule has 0 spiro atoms. The largest absolute Gasteiger partial charge is 0.456 e. The average molecular weight is 313 g/mol. The fourth-order valence-electron chi connectivity index (χ4n) is 3.30. The lowest BCUT2D eigenvalue weighted by atomic mass is 9.97. The Kier molecular flexibility index (Phi) is 3.14. The standard InChI is InChI=1S/C21H17N2O/c1-13-8-9-23(3)17(10-13)20-14(2)4-7-18-21(20)16-6-5-15(12-22)11-19(16)24-18/h4-11H,1-3H3/q+1. The molecule has 0 saturated carbocycles. The van der Waals surface area contributed by atoms with Gasteiger partial charge in [-0.15, -0.1) is 0 Å². The van der Waals surface area contributed by atoms with Gasteiger partial charge in [0.15, 0.2) is 6.20 Å². The van der Waals surface area contributed by atoms with E-state index >= 15 is 0 Å². The van der Waals surface area contributed by atoms with E-state index in [2.05, 4.69) is 55.9 Å². The van der Waals surface area contributed by atoms with Crippen molar-refractivity contribution >= 4 is 21.9 Å². The van der Waals surface area contributed by atoms with Crippen LogP contribution >= 0.6 is 0 Å². The summed E-state index contributed by atoms with van der Waals surface area (Å²) >= 11 is 0. The fraction of sp³-hybridized carbons (Fsp3) is 0.143. The molecule has 0 saturated heterocycles. The third kappa shape index (κ3) is 2.08. The highest BCUT2D eigenvalue weighted by molar-refractivity contribution is 6.12. The Morgan fingerprint density at radius 3 is 2.62 bits per heavy atom. The second kappa shape index (κ2) is 5.21. The maximum Gasteiger partial charge on any atom is 0.213 e. The number of nitrogens with zero attached hydrogens (tertiary/aromatic N) is 2. The monoisotopic (exact) mass is 313 g/mol. The Bertz CT molecular complexity index is 1150. The number of aryl methyl sites for hydroxylation is 3. The molecule has 0 fully saturated rings. The normalized spacial score (nSPS) is 11.1. The van der Waals surface area contributed by atoms with Crippen LogP contribution in [0, 0.1) is 25.2 Å². The third-order valence-electron chi connectivity index (χ3n) is 4.54. The first-order valence-electron chi connectivity index (χ1n) is 7.91. The minimum absolute atomic E-state index is 0.612. The summed E-state index contributed by atoms with van der Waals surface area (Å²) in [5.41, 5.74) is 6.98. The summed E-state index contributed by atoms with van der Waals surface area (Å²) in [4.78, 5) is 0. The number of nitriles is 1. The highest BCUT2D eigenvalue weighted by Gasteiger charge is 2.20. The summed E-state index contributed by atoms with van der Waals surface area (Å²) in [6.45, 7) is 4.23. The summed E-state index contributed by atoms with van der Waals surface area (Å²) in [5, 5.41) is 11.3. The Morgan fingerprint density at radius 2 is 1.83 bits per heavy atom. The lowest BCUT2D eigenvalue weighted by Gasteiger charge is -2.07. The minimum Gasteiger partial charge on any atom is -0.456 e. The minimum atomic E-state index is 0.612. The van der Waals surface area contributed by atoms with E-state index < -0.39 is 0 Å². The number of hydrogen-bond acceptors (Lipinski definition) is 2. The van der Waals surface area contributed by atoms with E-state index in [-0.39, 0.29) is 0 Å². The summed E-state index contributed by atoms with van der Waals surface area (Å²) in [7, 11) is 2.06. The summed E-state index contributed by atoms with van der Waals surface area (Å²) in [6, 6.07) is 16.2. The van der Waals surface area contributed by atoms with Gasteiger partial charge in [0.2, 0.25) is 5.69 Å². The van der Waals surface area contributed by atoms with Crippen molar-refractivity contribution in [1.29, 1.82) is 5.26 Å². The molecular weight excluding hydrogens is 296 g/mol. The van der Waals surface area contributed by atoms with Crippen LogP contribution in [0.3, 0.4) is 0 Å². The molecule has 4 rings (SSSR count). The molecule has 0 aliphatic carbocycles. The topological polar surface area (TPSA) is 40.8 Å². The van der Waals surface area contributed by atoms with E-state index in [1.165, 1.54) is 16.7 Å². The maximum absolute atomic E-state index is 9.12. The molecular formula is C21H17N2O+. The molecule has 0 aliphatic rings. The van der Waals surface area contributed by atoms with Crippen molar-refractivity contribution in [3.63, 3.8) is 0 Å². The zero-order valence-electron chi connectivity index (χ0n) is 13.9. The third-order valence-corrected chi connectivity index (χ3v) is 4.54. The molecule has 2 aromatic heterocycles. The van der Waals surface area contributed by atoms with Crippen LogP contribution in [0.4, 0.5) is 0 Å². The number of benzene rings is 2. The van der Waals surface area contributed by atoms with Gasteiger partial charge >= 0.3 is 0 Å². The zero-order valence-corrected chi connectivity index (χ0v) is 13.9. The second-order valence-electron chi connectivity index (χ2n) is 6.26. The molecule has 3 nitrogen and oxygen atoms in total. The predicted molar refractivity (Wildman–Crippen MR) is 94.5 cm³/mol. The second-order valence-corrected chi connectivity index (χ2v) is 6.26. The highest BCUT2D eigenvalue weighted by atomic mass is 16.3. The number of rotatable bonds is 1. The van der Waals surface area contributed by atoms with Gasteiger partial charge in [0.1, 0.15) is 18.2 Å². The molecule has 0 radical (unpaired) electrons. The smallest absolute Gasteiger partial charge is 0.213 e. The van der Waals surface area contributed by atoms with Crippen molar-refractivity contribution in [3.05, 3.63) is 65.4 Å². The number of pyridine rings is 1. The van der Waals surface area contributed by atoms with Gasteiger partial charge in [-0.1, -0.05) is 6.07 Å². The van der Waals surface area contributed by atoms with Gasteiger partial charge in [-0.2, -0.15) is 5.26 Å². The summed E-state index contributed by atoms with van der Waals surface area (Å²) < 4.78 is 8.16. The molecule has 2 aromatic carbocycles. The number of aromatic nitrogens is 1. The quantitative estimate of drug-likeness (QED) is 0.483. The Morgan fingerprint density at radius 1 is 1.00 bits per heavy atom. The molecule has 2 heterocycles. The zero-order chi connectivity index (χ0) is 16.8. The molecule has 24 heavy (non-hydrogen) atoms. The summed E-state index contributed by atoms with van der Waals surface area (Å²) in [5.74, 6) is 0. The van der Waals surface area contributed by atoms with Gasteiger partial charge < -0.3 is 4.42 Å². The first-order valence-corrected chi connectivity index (χ1v) is 7.91. The van der Waals surface area contributed by atoms with Gasteiger partial charge in [0, 0.05) is 22.9 Å². The van der Waals surface area contributed by atoms with Gasteiger partial charge in [-0.05, 0) is 49.2 Å². The van der Waals surface area contributed by atoms with Gasteiger partial charge in [0.25, 0.3) is 0 Å². The van der Waals surface area contributed by atoms with Gasteiger partial charge in [-0.3, -0.25) is 0 Å². The molecule has 0 bridgehead atoms. The molecule has 0 atom stereocenters. The Balaban J connectivity index is 2.17. The van der Waals surface area contributed by atoms with Crippen LogP contribution in [0.25, 0.3) is 33.2 Å². The molecule has 3 heteroatoms. The number of fused-ring (bicyclic) bond motifs is 3. The number of furan rings is 1. The fourth-order valence-corrected chi connectivity index (χ4v) is 3.30. The molecule has 0 N–H and O–H groups in total. The maximum atomic E-state index is 9.12. The van der Waals surface area contributed by atoms with Crippen molar-refractivity contribution in [2.45, 2.75) is 13.8 Å². The molecule has 0 unspecified atom stereocenters. The van der Waals surface area contributed by atoms with Crippen molar-refractivity contribution < 1.29 is 8.98 Å². The van der Waals surface area contributed by atoms with Crippen molar-refractivity contribution in [3.8, 4) is 17.3 Å². The first kappa shape index (κ1) is 14.5. The molecule has 116 valence electrons. The SMILES string of the molecule is Cc1cc[n+](C)c(-c2c(C)ccc3oc4cc(C#N)ccc4c23)c1. The van der Waals surface area contributed by atoms with Crippen LogP contribution in [-0.2, 0) is 7.05 Å². The average Bonchev–Trinajstić information content (AvgIpc) is 2.95. The highest BCUT2D eigenvalue weighted by Crippen LogP contribution is 2.37. The molecule has 4 aromatic rings. The lowest BCUT2D eigenvalue weighted by molar-refractivity contribution is -0.660. The van der Waals surface area contributed by atoms with Crippen molar-refractivity contribution in [2.75, 3.05) is 0 Å². The van der Waals surface area contributed by atoms with Crippen molar-refractivity contribution in [1.82, 2.24) is 0 Å². The van der Waals surface area contributed by atoms with E-state index in [1.54, 1.807) is 0 Å². The Labute approximate surface area is 140 Å². The van der Waals surface area contributed by atoms with Gasteiger partial charge in [0.05, 0.1) is 17.2 Å². The van der Waals surface area contributed by atoms with Crippen LogP contribution in [0.15, 0.2) is 53.1 Å². The van der Waals surface area contributed by atoms with Crippen LogP contribution in [0.5, 0.6) is 0 Å². The molecule has 0 aliphatic heterocycles.